The lowest BCUT2D eigenvalue weighted by Gasteiger charge is -2.28. The van der Waals surface area contributed by atoms with Gasteiger partial charge in [-0.25, -0.2) is 4.79 Å². The Morgan fingerprint density at radius 2 is 2.13 bits per heavy atom. The summed E-state index contributed by atoms with van der Waals surface area (Å²) in [6.45, 7) is 2.62. The van der Waals surface area contributed by atoms with E-state index in [1.165, 1.54) is 18.0 Å². The second-order valence-electron chi connectivity index (χ2n) is 5.39. The van der Waals surface area contributed by atoms with E-state index in [0.29, 0.717) is 30.8 Å². The maximum absolute atomic E-state index is 12.7. The Balaban J connectivity index is 1.96. The van der Waals surface area contributed by atoms with Gasteiger partial charge in [0.1, 0.15) is 5.82 Å². The summed E-state index contributed by atoms with van der Waals surface area (Å²) in [7, 11) is 1.35. The van der Waals surface area contributed by atoms with E-state index >= 15 is 0 Å². The number of hydrogen-bond donors (Lipinski definition) is 1. The number of fused-ring (bicyclic) bond motifs is 1. The molecule has 0 saturated heterocycles. The second kappa shape index (κ2) is 5.71. The first-order chi connectivity index (χ1) is 11.0. The zero-order valence-corrected chi connectivity index (χ0v) is 12.9. The van der Waals surface area contributed by atoms with Crippen molar-refractivity contribution in [1.82, 2.24) is 19.7 Å². The van der Waals surface area contributed by atoms with Crippen LogP contribution < -0.4 is 5.73 Å². The minimum atomic E-state index is -0.390. The molecule has 0 spiro atoms. The van der Waals surface area contributed by atoms with E-state index in [1.807, 2.05) is 0 Å². The fourth-order valence-corrected chi connectivity index (χ4v) is 2.76. The number of carbonyl (C=O) groups excluding carboxylic acids is 2. The van der Waals surface area contributed by atoms with Crippen molar-refractivity contribution in [3.63, 3.8) is 0 Å². The zero-order chi connectivity index (χ0) is 16.6. The molecule has 3 rings (SSSR count). The Morgan fingerprint density at radius 3 is 2.78 bits per heavy atom. The van der Waals surface area contributed by atoms with E-state index in [0.717, 1.165) is 11.1 Å². The number of carbonyl (C=O) groups is 2. The number of anilines is 1. The van der Waals surface area contributed by atoms with Crippen LogP contribution in [0, 0.1) is 6.92 Å². The summed E-state index contributed by atoms with van der Waals surface area (Å²) in [4.78, 5) is 30.0. The van der Waals surface area contributed by atoms with Crippen LogP contribution in [0.1, 0.15) is 27.2 Å². The topological polar surface area (TPSA) is 103 Å². The van der Waals surface area contributed by atoms with Crippen LogP contribution >= 0.6 is 0 Å². The van der Waals surface area contributed by atoms with Crippen LogP contribution in [-0.4, -0.2) is 45.3 Å². The number of pyridine rings is 1. The summed E-state index contributed by atoms with van der Waals surface area (Å²) in [6.07, 6.45) is 3.35. The van der Waals surface area contributed by atoms with Gasteiger partial charge in [-0.1, -0.05) is 0 Å². The highest BCUT2D eigenvalue weighted by Crippen LogP contribution is 2.23. The number of aromatic nitrogens is 3. The van der Waals surface area contributed by atoms with Crippen molar-refractivity contribution in [2.75, 3.05) is 19.4 Å². The Labute approximate surface area is 132 Å². The van der Waals surface area contributed by atoms with Gasteiger partial charge in [-0.05, 0) is 24.5 Å². The fourth-order valence-electron chi connectivity index (χ4n) is 2.76. The third-order valence-electron chi connectivity index (χ3n) is 3.85. The minimum absolute atomic E-state index is 0.289. The quantitative estimate of drug-likeness (QED) is 0.841. The lowest BCUT2D eigenvalue weighted by Crippen LogP contribution is -2.36. The fraction of sp³-hybridized carbons (Fsp3) is 0.333. The van der Waals surface area contributed by atoms with Gasteiger partial charge in [0.25, 0.3) is 5.91 Å². The van der Waals surface area contributed by atoms with Crippen molar-refractivity contribution in [3.8, 4) is 0 Å². The van der Waals surface area contributed by atoms with Gasteiger partial charge < -0.3 is 15.4 Å². The molecule has 2 aromatic heterocycles. The molecule has 120 valence electrons. The summed E-state index contributed by atoms with van der Waals surface area (Å²) in [5.41, 5.74) is 8.66. The second-order valence-corrected chi connectivity index (χ2v) is 5.39. The van der Waals surface area contributed by atoms with E-state index < -0.39 is 0 Å². The van der Waals surface area contributed by atoms with Crippen molar-refractivity contribution >= 4 is 17.8 Å². The highest BCUT2D eigenvalue weighted by molar-refractivity contribution is 5.98. The first kappa shape index (κ1) is 15.0. The molecule has 23 heavy (non-hydrogen) atoms. The van der Waals surface area contributed by atoms with Crippen LogP contribution in [0.5, 0.6) is 0 Å². The number of hydrogen-bond acceptors (Lipinski definition) is 6. The molecule has 0 saturated carbocycles. The summed E-state index contributed by atoms with van der Waals surface area (Å²) in [5.74, 6) is -0.0245. The van der Waals surface area contributed by atoms with Gasteiger partial charge in [0.2, 0.25) is 0 Å². The van der Waals surface area contributed by atoms with E-state index in [1.54, 1.807) is 24.1 Å². The molecule has 0 fully saturated rings. The molecule has 0 aliphatic carbocycles. The van der Waals surface area contributed by atoms with E-state index in [9.17, 15) is 9.59 Å². The number of nitrogens with zero attached hydrogens (tertiary/aromatic N) is 4. The lowest BCUT2D eigenvalue weighted by atomic mass is 9.97. The Kier molecular flexibility index (Phi) is 3.73. The van der Waals surface area contributed by atoms with Crippen LogP contribution in [0.3, 0.4) is 0 Å². The predicted molar refractivity (Wildman–Crippen MR) is 81.9 cm³/mol. The molecular weight excluding hydrogens is 298 g/mol. The predicted octanol–water partition coefficient (Wildman–Crippen LogP) is 0.982. The molecule has 0 unspecified atom stereocenters. The number of aryl methyl sites for hydroxylation is 1. The lowest BCUT2D eigenvalue weighted by molar-refractivity contribution is 0.0945. The van der Waals surface area contributed by atoms with Gasteiger partial charge in [-0.15, -0.1) is 0 Å². The summed E-state index contributed by atoms with van der Waals surface area (Å²) in [5, 5.41) is 4.12. The largest absolute Gasteiger partial charge is 0.453 e. The molecule has 0 atom stereocenters. The van der Waals surface area contributed by atoms with Gasteiger partial charge in [0.05, 0.1) is 24.9 Å². The SMILES string of the molecule is COC(=O)N1CCc2c(cncc2C(=O)n2nc(C)cc2N)C1. The maximum Gasteiger partial charge on any atom is 0.409 e. The smallest absolute Gasteiger partial charge is 0.409 e. The van der Waals surface area contributed by atoms with Gasteiger partial charge in [-0.2, -0.15) is 9.78 Å². The average molecular weight is 315 g/mol. The third kappa shape index (κ3) is 2.63. The van der Waals surface area contributed by atoms with Crippen molar-refractivity contribution < 1.29 is 14.3 Å². The third-order valence-corrected chi connectivity index (χ3v) is 3.85. The number of methoxy groups -OCH3 is 1. The summed E-state index contributed by atoms with van der Waals surface area (Å²) < 4.78 is 5.92. The zero-order valence-electron chi connectivity index (χ0n) is 12.9. The number of nitrogens with two attached hydrogens (primary N) is 1. The normalized spacial score (nSPS) is 13.6. The van der Waals surface area contributed by atoms with E-state index in [4.69, 9.17) is 10.5 Å². The molecule has 8 heteroatoms. The molecule has 2 aromatic rings. The van der Waals surface area contributed by atoms with Crippen LogP contribution in [0.2, 0.25) is 0 Å². The number of rotatable bonds is 1. The van der Waals surface area contributed by atoms with E-state index in [2.05, 4.69) is 10.1 Å². The van der Waals surface area contributed by atoms with Crippen molar-refractivity contribution in [3.05, 3.63) is 40.8 Å². The van der Waals surface area contributed by atoms with Crippen molar-refractivity contribution in [2.24, 2.45) is 0 Å². The van der Waals surface area contributed by atoms with Crippen LogP contribution in [0.25, 0.3) is 0 Å². The highest BCUT2D eigenvalue weighted by Gasteiger charge is 2.26. The monoisotopic (exact) mass is 315 g/mol. The highest BCUT2D eigenvalue weighted by atomic mass is 16.5. The molecule has 2 N–H and O–H groups in total. The Hall–Kier alpha value is -2.90. The Morgan fingerprint density at radius 1 is 1.35 bits per heavy atom. The minimum Gasteiger partial charge on any atom is -0.453 e. The number of nitrogen functional groups attached to an aromatic ring is 1. The molecule has 0 bridgehead atoms. The molecule has 0 aromatic carbocycles. The molecular formula is C15H17N5O3. The van der Waals surface area contributed by atoms with Gasteiger partial charge in [-0.3, -0.25) is 9.78 Å². The molecule has 3 heterocycles. The number of amides is 1. The molecule has 1 amide bonds. The van der Waals surface area contributed by atoms with Crippen molar-refractivity contribution in [1.29, 1.82) is 0 Å². The van der Waals surface area contributed by atoms with E-state index in [-0.39, 0.29) is 17.8 Å². The standard InChI is InChI=1S/C15H17N5O3/c1-9-5-13(16)20(18-9)14(21)12-7-17-6-10-8-19(15(22)23-2)4-3-11(10)12/h5-7H,3-4,8,16H2,1-2H3. The van der Waals surface area contributed by atoms with Gasteiger partial charge >= 0.3 is 6.09 Å². The average Bonchev–Trinajstić information content (AvgIpc) is 2.90. The molecule has 1 aliphatic rings. The molecule has 1 aliphatic heterocycles. The van der Waals surface area contributed by atoms with Crippen LogP contribution in [0.4, 0.5) is 10.6 Å². The van der Waals surface area contributed by atoms with Crippen LogP contribution in [-0.2, 0) is 17.7 Å². The first-order valence-corrected chi connectivity index (χ1v) is 7.16. The summed E-state index contributed by atoms with van der Waals surface area (Å²) >= 11 is 0. The molecule has 8 nitrogen and oxygen atoms in total. The Bertz CT molecular complexity index is 783. The summed E-state index contributed by atoms with van der Waals surface area (Å²) in [6, 6.07) is 1.64. The van der Waals surface area contributed by atoms with Gasteiger partial charge in [0, 0.05) is 25.0 Å². The maximum atomic E-state index is 12.7. The van der Waals surface area contributed by atoms with Crippen LogP contribution in [0.15, 0.2) is 18.5 Å². The first-order valence-electron chi connectivity index (χ1n) is 7.16. The van der Waals surface area contributed by atoms with Crippen molar-refractivity contribution in [2.45, 2.75) is 19.9 Å². The number of ether oxygens (including phenoxy) is 1. The van der Waals surface area contributed by atoms with Gasteiger partial charge in [0.15, 0.2) is 0 Å². The molecule has 0 radical (unpaired) electrons.